The van der Waals surface area contributed by atoms with Gasteiger partial charge >= 0.3 is 0 Å². The highest BCUT2D eigenvalue weighted by molar-refractivity contribution is 8.14. The quantitative estimate of drug-likeness (QED) is 0.507. The molecule has 0 aliphatic carbocycles. The van der Waals surface area contributed by atoms with Gasteiger partial charge in [-0.05, 0) is 44.2 Å². The first-order valence-electron chi connectivity index (χ1n) is 8.92. The number of thioether (sulfide) groups is 1. The molecule has 0 unspecified atom stereocenters. The number of nitrogens with zero attached hydrogens (tertiary/aromatic N) is 3. The zero-order valence-corrected chi connectivity index (χ0v) is 16.9. The van der Waals surface area contributed by atoms with E-state index in [0.29, 0.717) is 29.0 Å². The molecule has 1 aromatic carbocycles. The standard InChI is InChI=1S/C19H29N3O2S/c1-12(2)7-17-11-25-19(21(17)10-13(3)4)20-16-8-14(5)18(22(23)24)15(6)9-16/h8-9,12-13,17H,7,10-11H2,1-6H3/b20-19-/t17-/m0/s1. The fourth-order valence-electron chi connectivity index (χ4n) is 3.35. The highest BCUT2D eigenvalue weighted by atomic mass is 32.2. The van der Waals surface area contributed by atoms with Crippen LogP contribution >= 0.6 is 11.8 Å². The molecule has 25 heavy (non-hydrogen) atoms. The minimum Gasteiger partial charge on any atom is -0.347 e. The number of hydrogen-bond acceptors (Lipinski definition) is 4. The van der Waals surface area contributed by atoms with Crippen LogP contribution in [0.5, 0.6) is 0 Å². The maximum atomic E-state index is 11.2. The van der Waals surface area contributed by atoms with Crippen LogP contribution < -0.4 is 0 Å². The van der Waals surface area contributed by atoms with Gasteiger partial charge in [0.2, 0.25) is 0 Å². The summed E-state index contributed by atoms with van der Waals surface area (Å²) in [4.78, 5) is 18.2. The van der Waals surface area contributed by atoms with Gasteiger partial charge in [0.15, 0.2) is 5.17 Å². The van der Waals surface area contributed by atoms with Crippen LogP contribution in [-0.4, -0.2) is 33.3 Å². The summed E-state index contributed by atoms with van der Waals surface area (Å²) in [5.74, 6) is 2.29. The first-order chi connectivity index (χ1) is 11.7. The Kier molecular flexibility index (Phi) is 6.49. The molecule has 0 spiro atoms. The summed E-state index contributed by atoms with van der Waals surface area (Å²) in [6.45, 7) is 13.5. The number of rotatable bonds is 6. The van der Waals surface area contributed by atoms with E-state index in [2.05, 4.69) is 32.6 Å². The Morgan fingerprint density at radius 3 is 2.32 bits per heavy atom. The van der Waals surface area contributed by atoms with Crippen LogP contribution in [0.25, 0.3) is 0 Å². The van der Waals surface area contributed by atoms with E-state index in [-0.39, 0.29) is 10.6 Å². The van der Waals surface area contributed by atoms with Crippen molar-refractivity contribution in [3.05, 3.63) is 33.4 Å². The molecule has 1 aliphatic rings. The molecule has 0 aromatic heterocycles. The predicted molar refractivity (Wildman–Crippen MR) is 107 cm³/mol. The lowest BCUT2D eigenvalue weighted by Crippen LogP contribution is -2.37. The minimum atomic E-state index is -0.310. The third-order valence-electron chi connectivity index (χ3n) is 4.28. The fraction of sp³-hybridized carbons (Fsp3) is 0.632. The van der Waals surface area contributed by atoms with E-state index in [1.165, 1.54) is 0 Å². The van der Waals surface area contributed by atoms with Crippen LogP contribution in [0, 0.1) is 35.8 Å². The number of aryl methyl sites for hydroxylation is 2. The average molecular weight is 364 g/mol. The summed E-state index contributed by atoms with van der Waals surface area (Å²) in [7, 11) is 0. The van der Waals surface area contributed by atoms with Crippen LogP contribution in [0.2, 0.25) is 0 Å². The van der Waals surface area contributed by atoms with E-state index in [1.807, 2.05) is 12.1 Å². The second kappa shape index (κ2) is 8.21. The second-order valence-corrected chi connectivity index (χ2v) is 8.71. The monoisotopic (exact) mass is 363 g/mol. The van der Waals surface area contributed by atoms with Gasteiger partial charge < -0.3 is 4.90 Å². The molecule has 0 amide bonds. The van der Waals surface area contributed by atoms with Crippen molar-refractivity contribution in [1.29, 1.82) is 0 Å². The predicted octanol–water partition coefficient (Wildman–Crippen LogP) is 5.32. The van der Waals surface area contributed by atoms with Crippen LogP contribution in [0.3, 0.4) is 0 Å². The van der Waals surface area contributed by atoms with Gasteiger partial charge in [0.1, 0.15) is 0 Å². The maximum absolute atomic E-state index is 11.2. The summed E-state index contributed by atoms with van der Waals surface area (Å²) in [5, 5.41) is 12.2. The molecule has 1 heterocycles. The molecule has 1 atom stereocenters. The van der Waals surface area contributed by atoms with Gasteiger partial charge in [0, 0.05) is 29.5 Å². The molecule has 0 N–H and O–H groups in total. The van der Waals surface area contributed by atoms with Gasteiger partial charge in [-0.25, -0.2) is 4.99 Å². The Hall–Kier alpha value is -1.56. The molecule has 1 aromatic rings. The molecule has 6 heteroatoms. The number of aliphatic imine (C=N–C) groups is 1. The lowest BCUT2D eigenvalue weighted by molar-refractivity contribution is -0.386. The van der Waals surface area contributed by atoms with Gasteiger partial charge in [0.25, 0.3) is 5.69 Å². The molecule has 0 saturated carbocycles. The average Bonchev–Trinajstić information content (AvgIpc) is 2.79. The highest BCUT2D eigenvalue weighted by Gasteiger charge is 2.31. The van der Waals surface area contributed by atoms with Crippen molar-refractivity contribution in [3.63, 3.8) is 0 Å². The Morgan fingerprint density at radius 1 is 1.24 bits per heavy atom. The Bertz CT molecular complexity index is 648. The van der Waals surface area contributed by atoms with Crippen molar-refractivity contribution in [2.75, 3.05) is 12.3 Å². The summed E-state index contributed by atoms with van der Waals surface area (Å²) in [6, 6.07) is 4.16. The first kappa shape index (κ1) is 19.8. The minimum absolute atomic E-state index is 0.194. The SMILES string of the molecule is Cc1cc(/N=C2\SC[C@H](CC(C)C)N2CC(C)C)cc(C)c1[N+](=O)[O-]. The number of hydrogen-bond donors (Lipinski definition) is 0. The van der Waals surface area contributed by atoms with E-state index in [4.69, 9.17) is 4.99 Å². The van der Waals surface area contributed by atoms with E-state index in [1.54, 1.807) is 25.6 Å². The van der Waals surface area contributed by atoms with E-state index < -0.39 is 0 Å². The van der Waals surface area contributed by atoms with E-state index in [9.17, 15) is 10.1 Å². The van der Waals surface area contributed by atoms with Gasteiger partial charge in [-0.1, -0.05) is 39.5 Å². The van der Waals surface area contributed by atoms with Crippen molar-refractivity contribution in [2.24, 2.45) is 16.8 Å². The zero-order valence-electron chi connectivity index (χ0n) is 16.1. The number of amidine groups is 1. The van der Waals surface area contributed by atoms with Gasteiger partial charge in [-0.15, -0.1) is 0 Å². The van der Waals surface area contributed by atoms with Crippen LogP contribution in [0.1, 0.15) is 45.2 Å². The van der Waals surface area contributed by atoms with Gasteiger partial charge in [0.05, 0.1) is 10.6 Å². The molecular weight excluding hydrogens is 334 g/mol. The molecule has 0 bridgehead atoms. The van der Waals surface area contributed by atoms with Crippen LogP contribution in [-0.2, 0) is 0 Å². The van der Waals surface area contributed by atoms with Crippen molar-refractivity contribution >= 4 is 28.3 Å². The van der Waals surface area contributed by atoms with Crippen molar-refractivity contribution < 1.29 is 4.92 Å². The van der Waals surface area contributed by atoms with Crippen molar-refractivity contribution in [1.82, 2.24) is 4.90 Å². The summed E-state index contributed by atoms with van der Waals surface area (Å²) < 4.78 is 0. The molecule has 5 nitrogen and oxygen atoms in total. The summed E-state index contributed by atoms with van der Waals surface area (Å²) in [5.41, 5.74) is 2.34. The number of nitro groups is 1. The lowest BCUT2D eigenvalue weighted by Gasteiger charge is -2.28. The third-order valence-corrected chi connectivity index (χ3v) is 5.42. The summed E-state index contributed by atoms with van der Waals surface area (Å²) >= 11 is 1.80. The second-order valence-electron chi connectivity index (χ2n) is 7.72. The molecule has 0 radical (unpaired) electrons. The van der Waals surface area contributed by atoms with E-state index in [0.717, 1.165) is 29.6 Å². The van der Waals surface area contributed by atoms with E-state index >= 15 is 0 Å². The normalized spacial score (nSPS) is 19.4. The lowest BCUT2D eigenvalue weighted by atomic mass is 10.0. The van der Waals surface area contributed by atoms with Gasteiger partial charge in [-0.2, -0.15) is 0 Å². The zero-order chi connectivity index (χ0) is 18.7. The smallest absolute Gasteiger partial charge is 0.275 e. The van der Waals surface area contributed by atoms with Gasteiger partial charge in [-0.3, -0.25) is 10.1 Å². The molecule has 1 saturated heterocycles. The first-order valence-corrected chi connectivity index (χ1v) is 9.91. The third kappa shape index (κ3) is 4.97. The Morgan fingerprint density at radius 2 is 1.84 bits per heavy atom. The summed E-state index contributed by atoms with van der Waals surface area (Å²) in [6.07, 6.45) is 1.16. The molecule has 2 rings (SSSR count). The molecule has 1 aliphatic heterocycles. The van der Waals surface area contributed by atoms with Crippen LogP contribution in [0.15, 0.2) is 17.1 Å². The van der Waals surface area contributed by atoms with Crippen molar-refractivity contribution in [3.8, 4) is 0 Å². The molecular formula is C19H29N3O2S. The number of benzene rings is 1. The Balaban J connectivity index is 2.33. The topological polar surface area (TPSA) is 58.7 Å². The molecule has 1 fully saturated rings. The maximum Gasteiger partial charge on any atom is 0.275 e. The highest BCUT2D eigenvalue weighted by Crippen LogP contribution is 2.33. The Labute approximate surface area is 155 Å². The fourth-order valence-corrected chi connectivity index (χ4v) is 4.57. The largest absolute Gasteiger partial charge is 0.347 e. The number of nitro benzene ring substituents is 1. The van der Waals surface area contributed by atoms with Crippen LogP contribution in [0.4, 0.5) is 11.4 Å². The molecule has 138 valence electrons. The van der Waals surface area contributed by atoms with Crippen molar-refractivity contribution in [2.45, 2.75) is 54.0 Å².